The minimum Gasteiger partial charge on any atom is -0.371 e. The smallest absolute Gasteiger partial charge is 0.131 e. The van der Waals surface area contributed by atoms with Gasteiger partial charge in [0.05, 0.1) is 0 Å². The third-order valence-corrected chi connectivity index (χ3v) is 4.01. The standard InChI is InChI=1S/C12H15ClN2/c13-12-6-11(4-5-14-12)15-7-9-2-1-3-10(9)8-15/h4-6,9-10H,1-3,7-8H2. The first-order valence-electron chi connectivity index (χ1n) is 5.69. The number of aromatic nitrogens is 1. The van der Waals surface area contributed by atoms with E-state index < -0.39 is 0 Å². The lowest BCUT2D eigenvalue weighted by Gasteiger charge is -2.19. The molecule has 0 aromatic carbocycles. The maximum absolute atomic E-state index is 5.91. The molecule has 2 aliphatic rings. The van der Waals surface area contributed by atoms with Crippen molar-refractivity contribution in [3.63, 3.8) is 0 Å². The maximum atomic E-state index is 5.91. The normalized spacial score (nSPS) is 29.5. The molecule has 80 valence electrons. The summed E-state index contributed by atoms with van der Waals surface area (Å²) in [7, 11) is 0. The predicted molar refractivity (Wildman–Crippen MR) is 62.3 cm³/mol. The summed E-state index contributed by atoms with van der Waals surface area (Å²) in [5, 5.41) is 0.601. The second-order valence-corrected chi connectivity index (χ2v) is 5.08. The molecule has 2 nitrogen and oxygen atoms in total. The highest BCUT2D eigenvalue weighted by Crippen LogP contribution is 2.39. The summed E-state index contributed by atoms with van der Waals surface area (Å²) in [6.45, 7) is 2.43. The van der Waals surface area contributed by atoms with Gasteiger partial charge in [-0.2, -0.15) is 0 Å². The van der Waals surface area contributed by atoms with Crippen LogP contribution in [-0.2, 0) is 0 Å². The Morgan fingerprint density at radius 2 is 2.00 bits per heavy atom. The molecule has 3 rings (SSSR count). The largest absolute Gasteiger partial charge is 0.371 e. The van der Waals surface area contributed by atoms with Crippen LogP contribution in [0.1, 0.15) is 19.3 Å². The van der Waals surface area contributed by atoms with E-state index in [9.17, 15) is 0 Å². The summed E-state index contributed by atoms with van der Waals surface area (Å²) in [6, 6.07) is 4.04. The molecule has 3 heteroatoms. The molecule has 1 aliphatic carbocycles. The lowest BCUT2D eigenvalue weighted by Crippen LogP contribution is -2.20. The quantitative estimate of drug-likeness (QED) is 0.680. The molecule has 0 bridgehead atoms. The monoisotopic (exact) mass is 222 g/mol. The van der Waals surface area contributed by atoms with E-state index in [4.69, 9.17) is 11.6 Å². The zero-order valence-electron chi connectivity index (χ0n) is 8.69. The second-order valence-electron chi connectivity index (χ2n) is 4.69. The van der Waals surface area contributed by atoms with Crippen LogP contribution in [0.4, 0.5) is 5.69 Å². The number of nitrogens with zero attached hydrogens (tertiary/aromatic N) is 2. The molecule has 1 aromatic rings. The molecule has 0 spiro atoms. The van der Waals surface area contributed by atoms with Crippen LogP contribution in [-0.4, -0.2) is 18.1 Å². The Kier molecular flexibility index (Phi) is 2.32. The Morgan fingerprint density at radius 1 is 1.27 bits per heavy atom. The van der Waals surface area contributed by atoms with E-state index >= 15 is 0 Å². The van der Waals surface area contributed by atoms with Crippen molar-refractivity contribution in [2.45, 2.75) is 19.3 Å². The van der Waals surface area contributed by atoms with Gasteiger partial charge in [0.15, 0.2) is 0 Å². The van der Waals surface area contributed by atoms with E-state index in [2.05, 4.69) is 16.0 Å². The average Bonchev–Trinajstić information content (AvgIpc) is 2.76. The molecule has 1 aliphatic heterocycles. The van der Waals surface area contributed by atoms with Gasteiger partial charge in [0.1, 0.15) is 5.15 Å². The van der Waals surface area contributed by atoms with Crippen LogP contribution >= 0.6 is 11.6 Å². The fourth-order valence-electron chi connectivity index (χ4n) is 3.03. The number of halogens is 1. The van der Waals surface area contributed by atoms with Gasteiger partial charge < -0.3 is 4.90 Å². The van der Waals surface area contributed by atoms with Crippen LogP contribution in [0.25, 0.3) is 0 Å². The van der Waals surface area contributed by atoms with Crippen molar-refractivity contribution in [3.05, 3.63) is 23.5 Å². The lowest BCUT2D eigenvalue weighted by molar-refractivity contribution is 0.494. The highest BCUT2D eigenvalue weighted by atomic mass is 35.5. The number of fused-ring (bicyclic) bond motifs is 1. The molecule has 2 heterocycles. The van der Waals surface area contributed by atoms with Gasteiger partial charge in [-0.1, -0.05) is 18.0 Å². The van der Waals surface area contributed by atoms with Gasteiger partial charge in [0, 0.05) is 25.0 Å². The zero-order chi connectivity index (χ0) is 10.3. The number of rotatable bonds is 1. The first-order valence-corrected chi connectivity index (χ1v) is 6.07. The van der Waals surface area contributed by atoms with Crippen LogP contribution in [0, 0.1) is 11.8 Å². The van der Waals surface area contributed by atoms with Crippen LogP contribution in [0.15, 0.2) is 18.3 Å². The summed E-state index contributed by atoms with van der Waals surface area (Å²) in [5.41, 5.74) is 1.24. The van der Waals surface area contributed by atoms with Crippen molar-refractivity contribution in [3.8, 4) is 0 Å². The highest BCUT2D eigenvalue weighted by Gasteiger charge is 2.35. The van der Waals surface area contributed by atoms with Gasteiger partial charge in [0.2, 0.25) is 0 Å². The van der Waals surface area contributed by atoms with Crippen LogP contribution in [0.3, 0.4) is 0 Å². The molecule has 15 heavy (non-hydrogen) atoms. The van der Waals surface area contributed by atoms with Gasteiger partial charge in [-0.25, -0.2) is 4.98 Å². The number of hydrogen-bond acceptors (Lipinski definition) is 2. The van der Waals surface area contributed by atoms with E-state index in [0.29, 0.717) is 5.15 Å². The Hall–Kier alpha value is -0.760. The zero-order valence-corrected chi connectivity index (χ0v) is 9.45. The summed E-state index contributed by atoms with van der Waals surface area (Å²) >= 11 is 5.91. The predicted octanol–water partition coefficient (Wildman–Crippen LogP) is 2.97. The minimum atomic E-state index is 0.601. The van der Waals surface area contributed by atoms with Gasteiger partial charge in [-0.15, -0.1) is 0 Å². The minimum absolute atomic E-state index is 0.601. The molecular formula is C12H15ClN2. The molecule has 0 N–H and O–H groups in total. The van der Waals surface area contributed by atoms with Crippen LogP contribution < -0.4 is 4.90 Å². The number of hydrogen-bond donors (Lipinski definition) is 0. The van der Waals surface area contributed by atoms with Crippen LogP contribution in [0.5, 0.6) is 0 Å². The van der Waals surface area contributed by atoms with Gasteiger partial charge in [-0.05, 0) is 36.8 Å². The average molecular weight is 223 g/mol. The molecule has 2 atom stereocenters. The summed E-state index contributed by atoms with van der Waals surface area (Å²) in [5.74, 6) is 1.86. The first-order chi connectivity index (χ1) is 7.33. The van der Waals surface area contributed by atoms with Crippen molar-refractivity contribution in [1.82, 2.24) is 4.98 Å². The van der Waals surface area contributed by atoms with Gasteiger partial charge in [-0.3, -0.25) is 0 Å². The van der Waals surface area contributed by atoms with E-state index in [1.807, 2.05) is 6.07 Å². The molecule has 1 aromatic heterocycles. The molecule has 0 radical (unpaired) electrons. The lowest BCUT2D eigenvalue weighted by atomic mass is 10.0. The van der Waals surface area contributed by atoms with E-state index in [1.54, 1.807) is 6.20 Å². The Labute approximate surface area is 95.3 Å². The molecule has 2 fully saturated rings. The second kappa shape index (κ2) is 3.67. The van der Waals surface area contributed by atoms with Crippen molar-refractivity contribution < 1.29 is 0 Å². The van der Waals surface area contributed by atoms with Gasteiger partial charge in [0.25, 0.3) is 0 Å². The summed E-state index contributed by atoms with van der Waals surface area (Å²) in [4.78, 5) is 6.48. The highest BCUT2D eigenvalue weighted by molar-refractivity contribution is 6.29. The maximum Gasteiger partial charge on any atom is 0.131 e. The van der Waals surface area contributed by atoms with Crippen LogP contribution in [0.2, 0.25) is 5.15 Å². The third kappa shape index (κ3) is 1.71. The number of anilines is 1. The molecule has 0 amide bonds. The van der Waals surface area contributed by atoms with Crippen molar-refractivity contribution >= 4 is 17.3 Å². The van der Waals surface area contributed by atoms with E-state index in [1.165, 1.54) is 38.0 Å². The SMILES string of the molecule is Clc1cc(N2CC3CCCC3C2)ccn1. The topological polar surface area (TPSA) is 16.1 Å². The summed E-state index contributed by atoms with van der Waals surface area (Å²) < 4.78 is 0. The van der Waals surface area contributed by atoms with Crippen molar-refractivity contribution in [2.24, 2.45) is 11.8 Å². The van der Waals surface area contributed by atoms with Crippen molar-refractivity contribution in [2.75, 3.05) is 18.0 Å². The first kappa shape index (κ1) is 9.46. The Balaban J connectivity index is 1.79. The fourth-order valence-corrected chi connectivity index (χ4v) is 3.20. The fraction of sp³-hybridized carbons (Fsp3) is 0.583. The van der Waals surface area contributed by atoms with E-state index in [0.717, 1.165) is 11.8 Å². The summed E-state index contributed by atoms with van der Waals surface area (Å²) in [6.07, 6.45) is 6.06. The van der Waals surface area contributed by atoms with Crippen molar-refractivity contribution in [1.29, 1.82) is 0 Å². The molecule has 1 saturated carbocycles. The Morgan fingerprint density at radius 3 is 2.67 bits per heavy atom. The molecular weight excluding hydrogens is 208 g/mol. The molecule has 2 unspecified atom stereocenters. The van der Waals surface area contributed by atoms with Gasteiger partial charge >= 0.3 is 0 Å². The third-order valence-electron chi connectivity index (χ3n) is 3.80. The Bertz CT molecular complexity index is 354. The molecule has 1 saturated heterocycles. The number of pyridine rings is 1. The van der Waals surface area contributed by atoms with E-state index in [-0.39, 0.29) is 0 Å².